The second-order valence-electron chi connectivity index (χ2n) is 8.21. The molecular weight excluding hydrogens is 428 g/mol. The highest BCUT2D eigenvalue weighted by Gasteiger charge is 2.26. The van der Waals surface area contributed by atoms with Gasteiger partial charge in [0.05, 0.1) is 12.8 Å². The van der Waals surface area contributed by atoms with Gasteiger partial charge in [0.25, 0.3) is 11.5 Å². The predicted molar refractivity (Wildman–Crippen MR) is 134 cm³/mol. The molecule has 0 atom stereocenters. The highest BCUT2D eigenvalue weighted by Crippen LogP contribution is 2.30. The third-order valence-corrected chi connectivity index (χ3v) is 6.24. The Morgan fingerprint density at radius 1 is 0.971 bits per heavy atom. The van der Waals surface area contributed by atoms with Crippen molar-refractivity contribution in [3.05, 3.63) is 94.4 Å². The van der Waals surface area contributed by atoms with Crippen LogP contribution >= 0.6 is 0 Å². The van der Waals surface area contributed by atoms with Crippen LogP contribution in [-0.4, -0.2) is 34.4 Å². The fraction of sp³-hybridized carbons (Fsp3) is 0.148. The number of carbonyl (C=O) groups excluding carboxylic acids is 1. The SMILES string of the molecule is COc1ccc(-n2nc(C(=O)N(C)c3ccccc3C)c3c4ccccc4n(C)c3c2=O)cc1. The van der Waals surface area contributed by atoms with Crippen LogP contribution in [0.2, 0.25) is 0 Å². The van der Waals surface area contributed by atoms with Crippen LogP contribution in [0.15, 0.2) is 77.6 Å². The van der Waals surface area contributed by atoms with E-state index in [1.807, 2.05) is 67.1 Å². The molecule has 2 aromatic heterocycles. The van der Waals surface area contributed by atoms with Gasteiger partial charge in [0.1, 0.15) is 11.3 Å². The Labute approximate surface area is 196 Å². The summed E-state index contributed by atoms with van der Waals surface area (Å²) in [5.74, 6) is 0.371. The minimum atomic E-state index is -0.297. The number of benzene rings is 3. The summed E-state index contributed by atoms with van der Waals surface area (Å²) in [7, 11) is 5.15. The lowest BCUT2D eigenvalue weighted by molar-refractivity contribution is 0.0988. The summed E-state index contributed by atoms with van der Waals surface area (Å²) in [5, 5.41) is 5.99. The van der Waals surface area contributed by atoms with Gasteiger partial charge in [-0.2, -0.15) is 9.78 Å². The maximum Gasteiger partial charge on any atom is 0.296 e. The highest BCUT2D eigenvalue weighted by molar-refractivity contribution is 6.20. The number of aryl methyl sites for hydroxylation is 2. The number of fused-ring (bicyclic) bond motifs is 3. The van der Waals surface area contributed by atoms with E-state index in [0.717, 1.165) is 22.2 Å². The van der Waals surface area contributed by atoms with E-state index in [0.29, 0.717) is 22.3 Å². The van der Waals surface area contributed by atoms with Crippen molar-refractivity contribution >= 4 is 33.4 Å². The number of anilines is 1. The molecule has 1 amide bonds. The molecule has 0 unspecified atom stereocenters. The van der Waals surface area contributed by atoms with E-state index < -0.39 is 0 Å². The summed E-state index contributed by atoms with van der Waals surface area (Å²) < 4.78 is 8.37. The van der Waals surface area contributed by atoms with Crippen LogP contribution in [-0.2, 0) is 7.05 Å². The molecule has 170 valence electrons. The highest BCUT2D eigenvalue weighted by atomic mass is 16.5. The number of nitrogens with zero attached hydrogens (tertiary/aromatic N) is 4. The molecule has 0 aliphatic rings. The topological polar surface area (TPSA) is 69.4 Å². The molecule has 0 fully saturated rings. The van der Waals surface area contributed by atoms with Crippen LogP contribution in [0.1, 0.15) is 16.1 Å². The summed E-state index contributed by atoms with van der Waals surface area (Å²) >= 11 is 0. The lowest BCUT2D eigenvalue weighted by Gasteiger charge is -2.20. The summed E-state index contributed by atoms with van der Waals surface area (Å²) in [4.78, 5) is 29.1. The number of methoxy groups -OCH3 is 1. The second kappa shape index (κ2) is 8.19. The molecule has 34 heavy (non-hydrogen) atoms. The number of carbonyl (C=O) groups is 1. The minimum Gasteiger partial charge on any atom is -0.497 e. The average Bonchev–Trinajstić information content (AvgIpc) is 3.17. The lowest BCUT2D eigenvalue weighted by Crippen LogP contribution is -2.32. The molecule has 5 rings (SSSR count). The fourth-order valence-corrected chi connectivity index (χ4v) is 4.44. The van der Waals surface area contributed by atoms with Crippen LogP contribution < -0.4 is 15.2 Å². The Morgan fingerprint density at radius 3 is 2.35 bits per heavy atom. The average molecular weight is 453 g/mol. The van der Waals surface area contributed by atoms with E-state index in [4.69, 9.17) is 4.74 Å². The van der Waals surface area contributed by atoms with E-state index >= 15 is 0 Å². The van der Waals surface area contributed by atoms with Gasteiger partial charge in [-0.1, -0.05) is 36.4 Å². The molecule has 0 spiro atoms. The van der Waals surface area contributed by atoms with Crippen molar-refractivity contribution < 1.29 is 9.53 Å². The maximum atomic E-state index is 13.9. The van der Waals surface area contributed by atoms with Crippen molar-refractivity contribution in [3.63, 3.8) is 0 Å². The first-order chi connectivity index (χ1) is 16.4. The Bertz CT molecular complexity index is 1610. The van der Waals surface area contributed by atoms with E-state index in [2.05, 4.69) is 5.10 Å². The van der Waals surface area contributed by atoms with E-state index in [9.17, 15) is 9.59 Å². The third-order valence-electron chi connectivity index (χ3n) is 6.24. The second-order valence-corrected chi connectivity index (χ2v) is 8.21. The van der Waals surface area contributed by atoms with Crippen LogP contribution in [0, 0.1) is 6.92 Å². The molecule has 0 aliphatic carbocycles. The van der Waals surface area contributed by atoms with E-state index in [-0.39, 0.29) is 17.2 Å². The van der Waals surface area contributed by atoms with Crippen LogP contribution in [0.5, 0.6) is 5.75 Å². The largest absolute Gasteiger partial charge is 0.497 e. The summed E-state index contributed by atoms with van der Waals surface area (Å²) in [6.07, 6.45) is 0. The quantitative estimate of drug-likeness (QED) is 0.403. The summed E-state index contributed by atoms with van der Waals surface area (Å²) in [6, 6.07) is 22.4. The van der Waals surface area contributed by atoms with Gasteiger partial charge in [-0.25, -0.2) is 0 Å². The van der Waals surface area contributed by atoms with Gasteiger partial charge in [-0.15, -0.1) is 0 Å². The molecule has 7 heteroatoms. The van der Waals surface area contributed by atoms with Gasteiger partial charge < -0.3 is 14.2 Å². The molecule has 5 aromatic rings. The molecule has 0 saturated carbocycles. The van der Waals surface area contributed by atoms with Crippen LogP contribution in [0.3, 0.4) is 0 Å². The van der Waals surface area contributed by atoms with Gasteiger partial charge >= 0.3 is 0 Å². The lowest BCUT2D eigenvalue weighted by atomic mass is 10.1. The van der Waals surface area contributed by atoms with Gasteiger partial charge in [-0.3, -0.25) is 9.59 Å². The van der Waals surface area contributed by atoms with Gasteiger partial charge in [0, 0.05) is 36.1 Å². The van der Waals surface area contributed by atoms with Gasteiger partial charge in [-0.05, 0) is 48.9 Å². The number of hydrogen-bond acceptors (Lipinski definition) is 4. The minimum absolute atomic E-state index is 0.216. The first-order valence-corrected chi connectivity index (χ1v) is 10.9. The zero-order valence-corrected chi connectivity index (χ0v) is 19.4. The van der Waals surface area contributed by atoms with Gasteiger partial charge in [0.15, 0.2) is 5.69 Å². The summed E-state index contributed by atoms with van der Waals surface area (Å²) in [6.45, 7) is 1.96. The van der Waals surface area contributed by atoms with Crippen LogP contribution in [0.4, 0.5) is 5.69 Å². The number of hydrogen-bond donors (Lipinski definition) is 0. The molecule has 0 saturated heterocycles. The van der Waals surface area contributed by atoms with Crippen molar-refractivity contribution in [3.8, 4) is 11.4 Å². The number of ether oxygens (including phenoxy) is 1. The van der Waals surface area contributed by atoms with Crippen molar-refractivity contribution in [2.75, 3.05) is 19.1 Å². The number of amides is 1. The number of aromatic nitrogens is 3. The van der Waals surface area contributed by atoms with Crippen LogP contribution in [0.25, 0.3) is 27.5 Å². The Kier molecular flexibility index (Phi) is 5.17. The molecule has 7 nitrogen and oxygen atoms in total. The molecule has 0 radical (unpaired) electrons. The number of rotatable bonds is 4. The van der Waals surface area contributed by atoms with Crippen molar-refractivity contribution in [1.29, 1.82) is 0 Å². The van der Waals surface area contributed by atoms with E-state index in [1.165, 1.54) is 4.68 Å². The predicted octanol–water partition coefficient (Wildman–Crippen LogP) is 4.47. The van der Waals surface area contributed by atoms with Crippen molar-refractivity contribution in [1.82, 2.24) is 14.3 Å². The first-order valence-electron chi connectivity index (χ1n) is 10.9. The standard InChI is InChI=1S/C27H24N4O3/c1-17-9-5-7-11-21(17)30(3)26(32)24-23-20-10-6-8-12-22(20)29(2)25(23)27(33)31(28-24)18-13-15-19(34-4)16-14-18/h5-16H,1-4H3. The molecule has 2 heterocycles. The zero-order valence-electron chi connectivity index (χ0n) is 19.4. The first kappa shape index (κ1) is 21.5. The Morgan fingerprint density at radius 2 is 1.65 bits per heavy atom. The van der Waals surface area contributed by atoms with Gasteiger partial charge in [0.2, 0.25) is 0 Å². The summed E-state index contributed by atoms with van der Waals surface area (Å²) in [5.41, 5.74) is 3.50. The molecule has 0 aliphatic heterocycles. The molecule has 3 aromatic carbocycles. The zero-order chi connectivity index (χ0) is 24.0. The third kappa shape index (κ3) is 3.25. The molecule has 0 N–H and O–H groups in total. The number of para-hydroxylation sites is 2. The maximum absolute atomic E-state index is 13.9. The van der Waals surface area contributed by atoms with E-state index in [1.54, 1.807) is 43.3 Å². The fourth-order valence-electron chi connectivity index (χ4n) is 4.44. The molecule has 0 bridgehead atoms. The van der Waals surface area contributed by atoms with Crippen molar-refractivity contribution in [2.45, 2.75) is 6.92 Å². The monoisotopic (exact) mass is 452 g/mol. The Hall–Kier alpha value is -4.39. The van der Waals surface area contributed by atoms with Crippen molar-refractivity contribution in [2.24, 2.45) is 7.05 Å². The normalized spacial score (nSPS) is 11.2. The molecular formula is C27H24N4O3. The Balaban J connectivity index is 1.83. The smallest absolute Gasteiger partial charge is 0.296 e.